The molecule has 9 amide bonds. The van der Waals surface area contributed by atoms with Crippen LogP contribution in [-0.4, -0.2) is 125 Å². The van der Waals surface area contributed by atoms with Gasteiger partial charge in [0.1, 0.15) is 36.3 Å². The first kappa shape index (κ1) is 51.3. The number of guanidine groups is 1. The summed E-state index contributed by atoms with van der Waals surface area (Å²) >= 11 is 0. The number of nitrogens with zero attached hydrogens (tertiary/aromatic N) is 2. The second-order valence-electron chi connectivity index (χ2n) is 15.3. The highest BCUT2D eigenvalue weighted by molar-refractivity contribution is 5.98. The van der Waals surface area contributed by atoms with Gasteiger partial charge in [-0.25, -0.2) is 4.98 Å². The van der Waals surface area contributed by atoms with E-state index in [1.165, 1.54) is 19.4 Å². The molecule has 0 radical (unpaired) electrons. The van der Waals surface area contributed by atoms with E-state index in [-0.39, 0.29) is 57.6 Å². The molecule has 2 heterocycles. The molecule has 0 aliphatic carbocycles. The van der Waals surface area contributed by atoms with E-state index in [1.54, 1.807) is 30.3 Å². The van der Waals surface area contributed by atoms with Crippen LogP contribution in [0, 0.1) is 0 Å². The van der Waals surface area contributed by atoms with Crippen LogP contribution in [-0.2, 0) is 56.0 Å². The van der Waals surface area contributed by atoms with Crippen molar-refractivity contribution in [3.8, 4) is 0 Å². The number of hydrogen-bond acceptors (Lipinski definition) is 11. The number of amides is 9. The zero-order chi connectivity index (χ0) is 47.0. The number of carbonyl (C=O) groups is 9. The largest absolute Gasteiger partial charge is 0.370 e. The number of hydrogen-bond donors (Lipinski definition) is 12. The van der Waals surface area contributed by atoms with E-state index in [2.05, 4.69) is 57.5 Å². The fraction of sp³-hybridized carbons (Fsp3) is 0.537. The number of nitrogens with one attached hydrogen (secondary N) is 9. The zero-order valence-corrected chi connectivity index (χ0v) is 36.2. The Kier molecular flexibility index (Phi) is 21.7. The molecule has 1 aliphatic rings. The van der Waals surface area contributed by atoms with Gasteiger partial charge in [-0.05, 0) is 44.1 Å². The van der Waals surface area contributed by atoms with Crippen molar-refractivity contribution in [1.29, 1.82) is 0 Å². The lowest BCUT2D eigenvalue weighted by Gasteiger charge is -2.27. The molecule has 64 heavy (non-hydrogen) atoms. The number of aromatic amines is 1. The van der Waals surface area contributed by atoms with Gasteiger partial charge < -0.3 is 64.7 Å². The standard InChI is InChI=1S/C41H62N14O9/c1-3-4-13-28-36(60)48-22-34(58)51-27(35(42)59)14-8-9-16-46-33(57)20-32(55-37(61)29(50-24(2)56)15-10-17-47-41(43)44)40(64)54-31(19-26-21-45-23-49-26)39(63)53-30(38(62)52-28)18-25-11-6-5-7-12-25/h5-7,11-12,21,23,27-32H,3-4,8-10,13-20,22H2,1-2H3,(H2,42,59)(H,45,49)(H,46,57)(H,48,60)(H,50,56)(H,51,58)(H,52,62)(H,53,63)(H,54,64)(H,55,61)(H4,43,44,47)/t27-,28-,29-,30+,31-,32-/m0/s1. The number of benzene rings is 1. The molecular weight excluding hydrogens is 833 g/mol. The van der Waals surface area contributed by atoms with Gasteiger partial charge in [-0.3, -0.25) is 48.1 Å². The molecule has 1 aromatic carbocycles. The minimum absolute atomic E-state index is 0.0469. The summed E-state index contributed by atoms with van der Waals surface area (Å²) < 4.78 is 0. The smallest absolute Gasteiger partial charge is 0.243 e. The highest BCUT2D eigenvalue weighted by atomic mass is 16.2. The molecule has 23 nitrogen and oxygen atoms in total. The minimum Gasteiger partial charge on any atom is -0.370 e. The van der Waals surface area contributed by atoms with Crippen molar-refractivity contribution in [3.05, 3.63) is 54.1 Å². The lowest BCUT2D eigenvalue weighted by Crippen LogP contribution is -2.60. The van der Waals surface area contributed by atoms with Gasteiger partial charge in [0, 0.05) is 44.7 Å². The predicted molar refractivity (Wildman–Crippen MR) is 233 cm³/mol. The van der Waals surface area contributed by atoms with E-state index in [0.29, 0.717) is 36.9 Å². The van der Waals surface area contributed by atoms with E-state index in [9.17, 15) is 43.2 Å². The van der Waals surface area contributed by atoms with Crippen LogP contribution in [0.15, 0.2) is 47.8 Å². The number of primary amides is 1. The lowest BCUT2D eigenvalue weighted by atomic mass is 10.0. The fourth-order valence-electron chi connectivity index (χ4n) is 6.66. The number of carbonyl (C=O) groups excluding carboxylic acids is 9. The van der Waals surface area contributed by atoms with Crippen LogP contribution in [0.1, 0.15) is 82.9 Å². The fourth-order valence-corrected chi connectivity index (χ4v) is 6.66. The number of unbranched alkanes of at least 4 members (excludes halogenated alkanes) is 1. The highest BCUT2D eigenvalue weighted by Gasteiger charge is 2.34. The van der Waals surface area contributed by atoms with Crippen LogP contribution in [0.25, 0.3) is 0 Å². The lowest BCUT2D eigenvalue weighted by molar-refractivity contribution is -0.136. The van der Waals surface area contributed by atoms with Gasteiger partial charge in [-0.2, -0.15) is 0 Å². The Balaban J connectivity index is 2.04. The minimum atomic E-state index is -1.60. The summed E-state index contributed by atoms with van der Waals surface area (Å²) in [5, 5.41) is 20.8. The van der Waals surface area contributed by atoms with Gasteiger partial charge in [0.2, 0.25) is 53.2 Å². The van der Waals surface area contributed by atoms with Crippen molar-refractivity contribution in [2.75, 3.05) is 19.6 Å². The Hall–Kier alpha value is -7.07. The molecule has 1 fully saturated rings. The average molecular weight is 895 g/mol. The first-order valence-corrected chi connectivity index (χ1v) is 21.2. The molecule has 0 spiro atoms. The third-order valence-corrected chi connectivity index (χ3v) is 10.0. The van der Waals surface area contributed by atoms with E-state index in [4.69, 9.17) is 17.2 Å². The number of H-pyrrole nitrogens is 1. The van der Waals surface area contributed by atoms with Gasteiger partial charge in [-0.15, -0.1) is 0 Å². The molecule has 2 aromatic rings. The zero-order valence-electron chi connectivity index (χ0n) is 36.2. The average Bonchev–Trinajstić information content (AvgIpc) is 3.76. The summed E-state index contributed by atoms with van der Waals surface area (Å²) in [6, 6.07) is 0.971. The second kappa shape index (κ2) is 27.1. The first-order valence-electron chi connectivity index (χ1n) is 21.2. The molecular formula is C41H62N14O9. The highest BCUT2D eigenvalue weighted by Crippen LogP contribution is 2.10. The van der Waals surface area contributed by atoms with Crippen molar-refractivity contribution in [2.24, 2.45) is 22.2 Å². The van der Waals surface area contributed by atoms with E-state index in [1.807, 2.05) is 6.92 Å². The van der Waals surface area contributed by atoms with Gasteiger partial charge in [0.25, 0.3) is 0 Å². The van der Waals surface area contributed by atoms with Crippen LogP contribution >= 0.6 is 0 Å². The van der Waals surface area contributed by atoms with E-state index in [0.717, 1.165) is 0 Å². The number of aromatic nitrogens is 2. The quantitative estimate of drug-likeness (QED) is 0.0475. The summed E-state index contributed by atoms with van der Waals surface area (Å²) in [7, 11) is 0. The summed E-state index contributed by atoms with van der Waals surface area (Å²) in [6.45, 7) is 2.75. The Bertz CT molecular complexity index is 1920. The maximum absolute atomic E-state index is 14.3. The Labute approximate surface area is 370 Å². The predicted octanol–water partition coefficient (Wildman–Crippen LogP) is -3.34. The summed E-state index contributed by atoms with van der Waals surface area (Å²) in [4.78, 5) is 131. The summed E-state index contributed by atoms with van der Waals surface area (Å²) in [5.74, 6) is -6.96. The molecule has 15 N–H and O–H groups in total. The SMILES string of the molecule is CCCC[C@@H]1NC(=O)[C@@H](Cc2ccccc2)NC(=O)[C@H](Cc2cnc[nH]2)NC(=O)[C@@H](NC(=O)[C@H](CCCN=C(N)N)NC(C)=O)CC(=O)NCCCC[C@@H](C(N)=O)NC(=O)CNC1=O. The number of imidazole rings is 1. The van der Waals surface area contributed by atoms with Crippen LogP contribution in [0.4, 0.5) is 0 Å². The maximum atomic E-state index is 14.3. The monoisotopic (exact) mass is 894 g/mol. The van der Waals surface area contributed by atoms with Crippen LogP contribution in [0.2, 0.25) is 0 Å². The first-order chi connectivity index (χ1) is 30.6. The topological polar surface area (TPSA) is 369 Å². The third-order valence-electron chi connectivity index (χ3n) is 10.0. The molecule has 0 unspecified atom stereocenters. The Morgan fingerprint density at radius 1 is 0.828 bits per heavy atom. The van der Waals surface area contributed by atoms with E-state index < -0.39 is 102 Å². The van der Waals surface area contributed by atoms with Crippen molar-refractivity contribution >= 4 is 59.1 Å². The van der Waals surface area contributed by atoms with Gasteiger partial charge >= 0.3 is 0 Å². The molecule has 6 atom stereocenters. The van der Waals surface area contributed by atoms with Gasteiger partial charge in [0.15, 0.2) is 5.96 Å². The van der Waals surface area contributed by atoms with E-state index >= 15 is 0 Å². The van der Waals surface area contributed by atoms with Crippen molar-refractivity contribution in [3.63, 3.8) is 0 Å². The van der Waals surface area contributed by atoms with Crippen molar-refractivity contribution in [2.45, 2.75) is 121 Å². The normalized spacial score (nSPS) is 21.6. The van der Waals surface area contributed by atoms with Crippen molar-refractivity contribution in [1.82, 2.24) is 52.5 Å². The van der Waals surface area contributed by atoms with Crippen LogP contribution in [0.3, 0.4) is 0 Å². The molecule has 23 heteroatoms. The molecule has 1 saturated heterocycles. The molecule has 0 saturated carbocycles. The number of nitrogens with two attached hydrogens (primary N) is 3. The van der Waals surface area contributed by atoms with Crippen molar-refractivity contribution < 1.29 is 43.2 Å². The van der Waals surface area contributed by atoms with Gasteiger partial charge in [0.05, 0.1) is 19.3 Å². The molecule has 1 aliphatic heterocycles. The van der Waals surface area contributed by atoms with Gasteiger partial charge in [-0.1, -0.05) is 50.1 Å². The summed E-state index contributed by atoms with van der Waals surface area (Å²) in [5.41, 5.74) is 17.4. The molecule has 0 bridgehead atoms. The maximum Gasteiger partial charge on any atom is 0.243 e. The Morgan fingerprint density at radius 3 is 2.16 bits per heavy atom. The molecule has 1 aromatic heterocycles. The molecule has 350 valence electrons. The summed E-state index contributed by atoms with van der Waals surface area (Å²) in [6.07, 6.45) is 4.31. The van der Waals surface area contributed by atoms with Crippen LogP contribution < -0.4 is 59.7 Å². The number of rotatable bonds is 15. The second-order valence-corrected chi connectivity index (χ2v) is 15.3. The third kappa shape index (κ3) is 18.9. The number of aliphatic imine (C=N–C) groups is 1. The molecule has 3 rings (SSSR count). The Morgan fingerprint density at radius 2 is 1.52 bits per heavy atom. The van der Waals surface area contributed by atoms with Crippen LogP contribution in [0.5, 0.6) is 0 Å².